The third kappa shape index (κ3) is 4.33. The van der Waals surface area contributed by atoms with Gasteiger partial charge >= 0.3 is 12.0 Å². The van der Waals surface area contributed by atoms with Gasteiger partial charge in [-0.25, -0.2) is 19.6 Å². The predicted octanol–water partition coefficient (Wildman–Crippen LogP) is 2.23. The maximum Gasteiger partial charge on any atom is 0.356 e. The van der Waals surface area contributed by atoms with E-state index in [0.29, 0.717) is 24.5 Å². The summed E-state index contributed by atoms with van der Waals surface area (Å²) >= 11 is 0. The Hall–Kier alpha value is -3.16. The number of nitrogens with zero attached hydrogens (tertiary/aromatic N) is 4. The number of methoxy groups -OCH3 is 1. The summed E-state index contributed by atoms with van der Waals surface area (Å²) in [7, 11) is 1.31. The van der Waals surface area contributed by atoms with Crippen LogP contribution in [0.4, 0.5) is 16.3 Å². The molecule has 0 bridgehead atoms. The standard InChI is InChI=1S/C19H23N5O3/c1-13-6-7-20-17(12-13)23-8-10-24(11-9-23)19(26)22-15-4-5-16(18(25)27-3)21-14(15)2/h4-7,12H,8-11H2,1-3H3,(H,22,26). The van der Waals surface area contributed by atoms with Crippen LogP contribution in [0, 0.1) is 13.8 Å². The lowest BCUT2D eigenvalue weighted by molar-refractivity contribution is 0.0594. The van der Waals surface area contributed by atoms with Crippen LogP contribution >= 0.6 is 0 Å². The predicted molar refractivity (Wildman–Crippen MR) is 102 cm³/mol. The summed E-state index contributed by atoms with van der Waals surface area (Å²) in [5.41, 5.74) is 2.52. The lowest BCUT2D eigenvalue weighted by Gasteiger charge is -2.35. The van der Waals surface area contributed by atoms with E-state index in [4.69, 9.17) is 0 Å². The number of aromatic nitrogens is 2. The molecule has 0 aliphatic carbocycles. The van der Waals surface area contributed by atoms with Gasteiger partial charge in [0.2, 0.25) is 0 Å². The van der Waals surface area contributed by atoms with E-state index in [-0.39, 0.29) is 11.7 Å². The van der Waals surface area contributed by atoms with Gasteiger partial charge in [0.1, 0.15) is 11.5 Å². The van der Waals surface area contributed by atoms with Crippen LogP contribution in [0.15, 0.2) is 30.5 Å². The topological polar surface area (TPSA) is 87.7 Å². The van der Waals surface area contributed by atoms with E-state index in [9.17, 15) is 9.59 Å². The molecule has 3 heterocycles. The summed E-state index contributed by atoms with van der Waals surface area (Å²) in [4.78, 5) is 36.6. The van der Waals surface area contributed by atoms with Gasteiger partial charge in [-0.15, -0.1) is 0 Å². The summed E-state index contributed by atoms with van der Waals surface area (Å²) in [6.07, 6.45) is 1.80. The highest BCUT2D eigenvalue weighted by molar-refractivity contribution is 5.91. The maximum atomic E-state index is 12.6. The molecule has 1 aliphatic heterocycles. The highest BCUT2D eigenvalue weighted by atomic mass is 16.5. The Morgan fingerprint density at radius 2 is 1.85 bits per heavy atom. The summed E-state index contributed by atoms with van der Waals surface area (Å²) in [6.45, 7) is 6.44. The average molecular weight is 369 g/mol. The van der Waals surface area contributed by atoms with Gasteiger partial charge in [-0.1, -0.05) is 0 Å². The number of esters is 1. The van der Waals surface area contributed by atoms with Crippen molar-refractivity contribution in [1.82, 2.24) is 14.9 Å². The number of urea groups is 1. The highest BCUT2D eigenvalue weighted by Gasteiger charge is 2.22. The van der Waals surface area contributed by atoms with Crippen LogP contribution in [0.3, 0.4) is 0 Å². The molecular weight excluding hydrogens is 346 g/mol. The van der Waals surface area contributed by atoms with Crippen molar-refractivity contribution >= 4 is 23.5 Å². The molecule has 1 aliphatic rings. The second-order valence-electron chi connectivity index (χ2n) is 6.42. The summed E-state index contributed by atoms with van der Waals surface area (Å²) in [5, 5.41) is 2.87. The Morgan fingerprint density at radius 3 is 2.48 bits per heavy atom. The van der Waals surface area contributed by atoms with E-state index >= 15 is 0 Å². The Balaban J connectivity index is 1.59. The lowest BCUT2D eigenvalue weighted by Crippen LogP contribution is -2.50. The third-order valence-electron chi connectivity index (χ3n) is 4.51. The number of hydrogen-bond donors (Lipinski definition) is 1. The lowest BCUT2D eigenvalue weighted by atomic mass is 10.2. The van der Waals surface area contributed by atoms with E-state index in [1.807, 2.05) is 19.1 Å². The maximum absolute atomic E-state index is 12.6. The van der Waals surface area contributed by atoms with Crippen LogP contribution < -0.4 is 10.2 Å². The van der Waals surface area contributed by atoms with Crippen LogP contribution in [-0.4, -0.2) is 60.2 Å². The van der Waals surface area contributed by atoms with Crippen molar-refractivity contribution in [2.75, 3.05) is 43.5 Å². The van der Waals surface area contributed by atoms with Gasteiger partial charge in [0.15, 0.2) is 0 Å². The first-order valence-corrected chi connectivity index (χ1v) is 8.77. The van der Waals surface area contributed by atoms with Gasteiger partial charge in [-0.2, -0.15) is 0 Å². The molecule has 3 rings (SSSR count). The Labute approximate surface area is 158 Å². The molecular formula is C19H23N5O3. The number of pyridine rings is 2. The second-order valence-corrected chi connectivity index (χ2v) is 6.42. The molecule has 2 aromatic heterocycles. The Morgan fingerprint density at radius 1 is 1.11 bits per heavy atom. The number of hydrogen-bond acceptors (Lipinski definition) is 6. The van der Waals surface area contributed by atoms with Gasteiger partial charge in [0, 0.05) is 32.4 Å². The fourth-order valence-corrected chi connectivity index (χ4v) is 2.94. The minimum Gasteiger partial charge on any atom is -0.464 e. The smallest absolute Gasteiger partial charge is 0.356 e. The van der Waals surface area contributed by atoms with E-state index < -0.39 is 5.97 Å². The van der Waals surface area contributed by atoms with Crippen molar-refractivity contribution in [3.63, 3.8) is 0 Å². The zero-order valence-corrected chi connectivity index (χ0v) is 15.7. The molecule has 8 nitrogen and oxygen atoms in total. The van der Waals surface area contributed by atoms with Crippen molar-refractivity contribution in [2.24, 2.45) is 0 Å². The molecule has 0 saturated carbocycles. The molecule has 2 aromatic rings. The molecule has 0 spiro atoms. The van der Waals surface area contributed by atoms with Gasteiger partial charge < -0.3 is 19.9 Å². The quantitative estimate of drug-likeness (QED) is 0.835. The molecule has 1 saturated heterocycles. The third-order valence-corrected chi connectivity index (χ3v) is 4.51. The largest absolute Gasteiger partial charge is 0.464 e. The van der Waals surface area contributed by atoms with E-state index in [1.54, 1.807) is 24.1 Å². The van der Waals surface area contributed by atoms with Crippen LogP contribution in [-0.2, 0) is 4.74 Å². The van der Waals surface area contributed by atoms with Crippen molar-refractivity contribution < 1.29 is 14.3 Å². The van der Waals surface area contributed by atoms with Gasteiger partial charge in [-0.05, 0) is 43.7 Å². The minimum atomic E-state index is -0.503. The minimum absolute atomic E-state index is 0.178. The normalized spacial score (nSPS) is 14.0. The number of aryl methyl sites for hydroxylation is 2. The van der Waals surface area contributed by atoms with Crippen molar-refractivity contribution in [3.8, 4) is 0 Å². The molecule has 0 aromatic carbocycles. The number of rotatable bonds is 3. The molecule has 1 fully saturated rings. The van der Waals surface area contributed by atoms with Crippen LogP contribution in [0.2, 0.25) is 0 Å². The number of carbonyl (C=O) groups excluding carboxylic acids is 2. The molecule has 2 amide bonds. The van der Waals surface area contributed by atoms with Gasteiger partial charge in [-0.3, -0.25) is 0 Å². The summed E-state index contributed by atoms with van der Waals surface area (Å²) in [5.74, 6) is 0.436. The van der Waals surface area contributed by atoms with E-state index in [1.165, 1.54) is 18.7 Å². The highest BCUT2D eigenvalue weighted by Crippen LogP contribution is 2.17. The number of anilines is 2. The molecule has 0 unspecified atom stereocenters. The molecule has 142 valence electrons. The number of nitrogens with one attached hydrogen (secondary N) is 1. The molecule has 27 heavy (non-hydrogen) atoms. The fraction of sp³-hybridized carbons (Fsp3) is 0.368. The Bertz CT molecular complexity index is 847. The Kier molecular flexibility index (Phi) is 5.54. The summed E-state index contributed by atoms with van der Waals surface area (Å²) < 4.78 is 4.65. The number of carbonyl (C=O) groups is 2. The zero-order chi connectivity index (χ0) is 19.4. The van der Waals surface area contributed by atoms with Crippen LogP contribution in [0.1, 0.15) is 21.7 Å². The van der Waals surface area contributed by atoms with Gasteiger partial charge in [0.25, 0.3) is 0 Å². The number of piperazine rings is 1. The van der Waals surface area contributed by atoms with Gasteiger partial charge in [0.05, 0.1) is 18.5 Å². The molecule has 0 radical (unpaired) electrons. The SMILES string of the molecule is COC(=O)c1ccc(NC(=O)N2CCN(c3cc(C)ccn3)CC2)c(C)n1. The summed E-state index contributed by atoms with van der Waals surface area (Å²) in [6, 6.07) is 7.04. The number of ether oxygens (including phenoxy) is 1. The monoisotopic (exact) mass is 369 g/mol. The first kappa shape index (κ1) is 18.6. The molecule has 1 N–H and O–H groups in total. The van der Waals surface area contributed by atoms with Crippen molar-refractivity contribution in [2.45, 2.75) is 13.8 Å². The average Bonchev–Trinajstić information content (AvgIpc) is 2.69. The second kappa shape index (κ2) is 8.03. The van der Waals surface area contributed by atoms with E-state index in [0.717, 1.165) is 18.9 Å². The zero-order valence-electron chi connectivity index (χ0n) is 15.7. The first-order chi connectivity index (χ1) is 13.0. The fourth-order valence-electron chi connectivity index (χ4n) is 2.94. The number of amides is 2. The molecule has 0 atom stereocenters. The molecule has 8 heteroatoms. The van der Waals surface area contributed by atoms with Crippen molar-refractivity contribution in [3.05, 3.63) is 47.4 Å². The van der Waals surface area contributed by atoms with E-state index in [2.05, 4.69) is 24.9 Å². The first-order valence-electron chi connectivity index (χ1n) is 8.77. The van der Waals surface area contributed by atoms with Crippen molar-refractivity contribution in [1.29, 1.82) is 0 Å². The van der Waals surface area contributed by atoms with Crippen LogP contribution in [0.5, 0.6) is 0 Å². The van der Waals surface area contributed by atoms with Crippen LogP contribution in [0.25, 0.3) is 0 Å².